The molecule has 0 spiro atoms. The zero-order valence-corrected chi connectivity index (χ0v) is 14.2. The Balaban J connectivity index is 1.76. The number of nitrogens with zero attached hydrogens (tertiary/aromatic N) is 1. The van der Waals surface area contributed by atoms with E-state index in [9.17, 15) is 14.3 Å². The number of rotatable bonds is 4. The molecule has 1 aromatic carbocycles. The number of nitrogens with one attached hydrogen (secondary N) is 1. The lowest BCUT2D eigenvalue weighted by molar-refractivity contribution is -0.00796. The van der Waals surface area contributed by atoms with E-state index in [1.165, 1.54) is 12.1 Å². The number of likely N-dealkylation sites (tertiary alicyclic amines) is 1. The quantitative estimate of drug-likeness (QED) is 0.821. The van der Waals surface area contributed by atoms with Crippen LogP contribution in [0.15, 0.2) is 18.2 Å². The van der Waals surface area contributed by atoms with Gasteiger partial charge in [0.2, 0.25) is 0 Å². The van der Waals surface area contributed by atoms with Crippen LogP contribution in [0.1, 0.15) is 27.2 Å². The number of ether oxygens (including phenoxy) is 1. The predicted molar refractivity (Wildman–Crippen MR) is 87.0 cm³/mol. The Morgan fingerprint density at radius 1 is 1.52 bits per heavy atom. The number of anilines is 1. The fourth-order valence-electron chi connectivity index (χ4n) is 2.36. The Kier molecular flexibility index (Phi) is 5.37. The van der Waals surface area contributed by atoms with Crippen molar-refractivity contribution in [1.29, 1.82) is 0 Å². The van der Waals surface area contributed by atoms with E-state index in [1.54, 1.807) is 11.0 Å². The number of halogens is 2. The van der Waals surface area contributed by atoms with Crippen molar-refractivity contribution >= 4 is 23.4 Å². The standard InChI is InChI=1S/C16H22ClFN2O3/c1-16(2,3)23-15(22)20-8-10(9-20)6-14(21)19-13-5-4-11(17)7-12(13)18/h4-5,7,10,14,19,21H,6,8-9H2,1-3H3. The summed E-state index contributed by atoms with van der Waals surface area (Å²) in [6.07, 6.45) is -0.821. The minimum Gasteiger partial charge on any atom is -0.444 e. The molecule has 0 aromatic heterocycles. The average Bonchev–Trinajstić information content (AvgIpc) is 2.34. The Bertz CT molecular complexity index is 571. The van der Waals surface area contributed by atoms with Gasteiger partial charge in [0, 0.05) is 18.1 Å². The minimum atomic E-state index is -0.892. The fourth-order valence-corrected chi connectivity index (χ4v) is 2.51. The molecule has 5 nitrogen and oxygen atoms in total. The molecule has 1 aliphatic heterocycles. The molecular formula is C16H22ClFN2O3. The van der Waals surface area contributed by atoms with Gasteiger partial charge in [-0.2, -0.15) is 0 Å². The smallest absolute Gasteiger partial charge is 0.410 e. The van der Waals surface area contributed by atoms with Crippen LogP contribution in [0.3, 0.4) is 0 Å². The zero-order valence-electron chi connectivity index (χ0n) is 13.5. The van der Waals surface area contributed by atoms with Gasteiger partial charge in [0.1, 0.15) is 17.6 Å². The van der Waals surface area contributed by atoms with Gasteiger partial charge in [0.25, 0.3) is 0 Å². The second-order valence-corrected chi connectivity index (χ2v) is 7.21. The highest BCUT2D eigenvalue weighted by Gasteiger charge is 2.34. The third-order valence-corrected chi connectivity index (χ3v) is 3.65. The summed E-state index contributed by atoms with van der Waals surface area (Å²) in [5.74, 6) is -0.360. The van der Waals surface area contributed by atoms with Crippen LogP contribution in [0.2, 0.25) is 5.02 Å². The van der Waals surface area contributed by atoms with Crippen molar-refractivity contribution in [1.82, 2.24) is 4.90 Å². The SMILES string of the molecule is CC(C)(C)OC(=O)N1CC(CC(O)Nc2ccc(Cl)cc2F)C1. The summed E-state index contributed by atoms with van der Waals surface area (Å²) < 4.78 is 18.9. The summed E-state index contributed by atoms with van der Waals surface area (Å²) in [5.41, 5.74) is -0.319. The monoisotopic (exact) mass is 344 g/mol. The van der Waals surface area contributed by atoms with E-state index in [4.69, 9.17) is 16.3 Å². The summed E-state index contributed by atoms with van der Waals surface area (Å²) in [6, 6.07) is 4.21. The highest BCUT2D eigenvalue weighted by atomic mass is 35.5. The molecule has 1 fully saturated rings. The number of aliphatic hydroxyl groups is 1. The first-order chi connectivity index (χ1) is 10.6. The van der Waals surface area contributed by atoms with Gasteiger partial charge in [-0.05, 0) is 51.3 Å². The Labute approximate surface area is 140 Å². The molecule has 1 aromatic rings. The van der Waals surface area contributed by atoms with Gasteiger partial charge in [-0.3, -0.25) is 0 Å². The molecule has 1 unspecified atom stereocenters. The third-order valence-electron chi connectivity index (χ3n) is 3.42. The zero-order chi connectivity index (χ0) is 17.2. The molecule has 0 saturated carbocycles. The molecule has 7 heteroatoms. The van der Waals surface area contributed by atoms with E-state index in [2.05, 4.69) is 5.32 Å². The molecule has 23 heavy (non-hydrogen) atoms. The lowest BCUT2D eigenvalue weighted by Crippen LogP contribution is -2.52. The molecular weight excluding hydrogens is 323 g/mol. The summed E-state index contributed by atoms with van der Waals surface area (Å²) in [7, 11) is 0. The molecule has 1 amide bonds. The number of benzene rings is 1. The normalized spacial score (nSPS) is 16.7. The molecule has 0 bridgehead atoms. The van der Waals surface area contributed by atoms with Gasteiger partial charge >= 0.3 is 6.09 Å². The molecule has 1 heterocycles. The maximum Gasteiger partial charge on any atom is 0.410 e. The van der Waals surface area contributed by atoms with Crippen LogP contribution in [-0.2, 0) is 4.74 Å². The Hall–Kier alpha value is -1.53. The molecule has 2 rings (SSSR count). The lowest BCUT2D eigenvalue weighted by Gasteiger charge is -2.40. The predicted octanol–water partition coefficient (Wildman–Crippen LogP) is 3.47. The van der Waals surface area contributed by atoms with Crippen LogP contribution in [0, 0.1) is 11.7 Å². The maximum absolute atomic E-state index is 13.6. The maximum atomic E-state index is 13.6. The first-order valence-corrected chi connectivity index (χ1v) is 7.89. The van der Waals surface area contributed by atoms with Crippen LogP contribution in [0.25, 0.3) is 0 Å². The van der Waals surface area contributed by atoms with Gasteiger partial charge in [0.05, 0.1) is 5.69 Å². The fraction of sp³-hybridized carbons (Fsp3) is 0.562. The molecule has 1 saturated heterocycles. The van der Waals surface area contributed by atoms with Crippen molar-refractivity contribution in [3.63, 3.8) is 0 Å². The van der Waals surface area contributed by atoms with Gasteiger partial charge < -0.3 is 20.1 Å². The van der Waals surface area contributed by atoms with E-state index < -0.39 is 17.6 Å². The number of amides is 1. The van der Waals surface area contributed by atoms with Crippen LogP contribution in [-0.4, -0.2) is 41.0 Å². The first-order valence-electron chi connectivity index (χ1n) is 7.51. The summed E-state index contributed by atoms with van der Waals surface area (Å²) in [4.78, 5) is 13.4. The van der Waals surface area contributed by atoms with Crippen molar-refractivity contribution in [2.45, 2.75) is 39.0 Å². The highest BCUT2D eigenvalue weighted by molar-refractivity contribution is 6.30. The molecule has 1 atom stereocenters. The summed E-state index contributed by atoms with van der Waals surface area (Å²) in [6.45, 7) is 6.50. The third kappa shape index (κ3) is 5.25. The average molecular weight is 345 g/mol. The second-order valence-electron chi connectivity index (χ2n) is 6.77. The van der Waals surface area contributed by atoms with Gasteiger partial charge in [0.15, 0.2) is 0 Å². The number of carbonyl (C=O) groups excluding carboxylic acids is 1. The Morgan fingerprint density at radius 3 is 2.74 bits per heavy atom. The topological polar surface area (TPSA) is 61.8 Å². The van der Waals surface area contributed by atoms with Crippen LogP contribution in [0.5, 0.6) is 0 Å². The van der Waals surface area contributed by atoms with Crippen molar-refractivity contribution in [2.75, 3.05) is 18.4 Å². The number of carbonyl (C=O) groups is 1. The van der Waals surface area contributed by atoms with Crippen molar-refractivity contribution in [3.05, 3.63) is 29.0 Å². The lowest BCUT2D eigenvalue weighted by atomic mass is 9.96. The molecule has 0 aliphatic carbocycles. The van der Waals surface area contributed by atoms with E-state index in [1.807, 2.05) is 20.8 Å². The van der Waals surface area contributed by atoms with Crippen molar-refractivity contribution in [3.8, 4) is 0 Å². The number of aliphatic hydroxyl groups excluding tert-OH is 1. The number of hydrogen-bond donors (Lipinski definition) is 2. The van der Waals surface area contributed by atoms with E-state index in [0.29, 0.717) is 24.5 Å². The molecule has 1 aliphatic rings. The van der Waals surface area contributed by atoms with E-state index in [0.717, 1.165) is 0 Å². The molecule has 2 N–H and O–H groups in total. The van der Waals surface area contributed by atoms with Crippen LogP contribution in [0.4, 0.5) is 14.9 Å². The van der Waals surface area contributed by atoms with Crippen molar-refractivity contribution in [2.24, 2.45) is 5.92 Å². The Morgan fingerprint density at radius 2 is 2.17 bits per heavy atom. The van der Waals surface area contributed by atoms with Crippen molar-refractivity contribution < 1.29 is 19.0 Å². The van der Waals surface area contributed by atoms with Gasteiger partial charge in [-0.15, -0.1) is 0 Å². The van der Waals surface area contributed by atoms with Crippen LogP contribution >= 0.6 is 11.6 Å². The van der Waals surface area contributed by atoms with Gasteiger partial charge in [-0.1, -0.05) is 11.6 Å². The largest absolute Gasteiger partial charge is 0.444 e. The second kappa shape index (κ2) is 6.93. The highest BCUT2D eigenvalue weighted by Crippen LogP contribution is 2.25. The number of hydrogen-bond acceptors (Lipinski definition) is 4. The molecule has 128 valence electrons. The molecule has 0 radical (unpaired) electrons. The first kappa shape index (κ1) is 17.8. The van der Waals surface area contributed by atoms with E-state index in [-0.39, 0.29) is 17.7 Å². The van der Waals surface area contributed by atoms with Gasteiger partial charge in [-0.25, -0.2) is 9.18 Å². The summed E-state index contributed by atoms with van der Waals surface area (Å²) in [5, 5.41) is 13.0. The van der Waals surface area contributed by atoms with Crippen LogP contribution < -0.4 is 5.32 Å². The summed E-state index contributed by atoms with van der Waals surface area (Å²) >= 11 is 5.68. The van der Waals surface area contributed by atoms with E-state index >= 15 is 0 Å². The minimum absolute atomic E-state index is 0.153.